The maximum Gasteiger partial charge on any atom is 0.262 e. The van der Waals surface area contributed by atoms with Gasteiger partial charge in [0.25, 0.3) is 17.7 Å². The number of benzene rings is 3. The molecule has 0 saturated heterocycles. The molecule has 0 bridgehead atoms. The van der Waals surface area contributed by atoms with Crippen LogP contribution in [0.25, 0.3) is 0 Å². The summed E-state index contributed by atoms with van der Waals surface area (Å²) in [5, 5.41) is 8.80. The molecule has 9 nitrogen and oxygen atoms in total. The van der Waals surface area contributed by atoms with E-state index in [1.165, 1.54) is 31.5 Å². The van der Waals surface area contributed by atoms with Crippen molar-refractivity contribution in [3.05, 3.63) is 88.1 Å². The van der Waals surface area contributed by atoms with Crippen LogP contribution in [0.2, 0.25) is 0 Å². The number of nitrogens with one attached hydrogen (secondary N) is 3. The fraction of sp³-hybridized carbons (Fsp3) is 0.120. The molecule has 36 heavy (non-hydrogen) atoms. The molecule has 186 valence electrons. The van der Waals surface area contributed by atoms with Crippen LogP contribution >= 0.6 is 15.9 Å². The number of ether oxygens (including phenoxy) is 2. The highest BCUT2D eigenvalue weighted by Gasteiger charge is 2.12. The molecule has 0 aliphatic carbocycles. The highest BCUT2D eigenvalue weighted by molar-refractivity contribution is 9.10. The summed E-state index contributed by atoms with van der Waals surface area (Å²) in [4.78, 5) is 36.2. The first kappa shape index (κ1) is 26.4. The number of carbonyl (C=O) groups is 3. The highest BCUT2D eigenvalue weighted by Crippen LogP contribution is 2.27. The Hall–Kier alpha value is -4.25. The monoisotopic (exact) mass is 556 g/mol. The van der Waals surface area contributed by atoms with Crippen molar-refractivity contribution in [1.29, 1.82) is 0 Å². The van der Waals surface area contributed by atoms with Gasteiger partial charge >= 0.3 is 0 Å². The van der Waals surface area contributed by atoms with Crippen molar-refractivity contribution in [2.75, 3.05) is 25.6 Å². The summed E-state index contributed by atoms with van der Waals surface area (Å²) in [6.45, 7) is -0.623. The van der Waals surface area contributed by atoms with Gasteiger partial charge in [0.05, 0.1) is 31.1 Å². The lowest BCUT2D eigenvalue weighted by Crippen LogP contribution is -2.35. The second-order valence-corrected chi connectivity index (χ2v) is 8.04. The van der Waals surface area contributed by atoms with Gasteiger partial charge in [0, 0.05) is 4.47 Å². The fourth-order valence-electron chi connectivity index (χ4n) is 2.90. The van der Waals surface area contributed by atoms with Gasteiger partial charge < -0.3 is 20.1 Å². The van der Waals surface area contributed by atoms with Crippen LogP contribution < -0.4 is 25.5 Å². The van der Waals surface area contributed by atoms with Crippen molar-refractivity contribution >= 4 is 45.6 Å². The van der Waals surface area contributed by atoms with Crippen molar-refractivity contribution in [2.45, 2.75) is 0 Å². The van der Waals surface area contributed by atoms with Gasteiger partial charge in [-0.2, -0.15) is 5.10 Å². The third-order valence-electron chi connectivity index (χ3n) is 4.63. The Labute approximate surface area is 214 Å². The number of nitrogens with zero attached hydrogens (tertiary/aromatic N) is 1. The molecule has 3 aromatic rings. The predicted molar refractivity (Wildman–Crippen MR) is 136 cm³/mol. The molecule has 3 N–H and O–H groups in total. The van der Waals surface area contributed by atoms with Crippen LogP contribution in [0.5, 0.6) is 11.5 Å². The van der Waals surface area contributed by atoms with E-state index in [1.807, 2.05) is 0 Å². The molecule has 0 atom stereocenters. The summed E-state index contributed by atoms with van der Waals surface area (Å²) >= 11 is 3.28. The Kier molecular flexibility index (Phi) is 9.52. The van der Waals surface area contributed by atoms with Gasteiger partial charge in [0.1, 0.15) is 5.82 Å². The van der Waals surface area contributed by atoms with Crippen molar-refractivity contribution in [3.63, 3.8) is 0 Å². The topological polar surface area (TPSA) is 118 Å². The zero-order chi connectivity index (χ0) is 25.9. The Morgan fingerprint density at radius 2 is 1.75 bits per heavy atom. The normalized spacial score (nSPS) is 10.5. The molecule has 0 unspecified atom stereocenters. The molecule has 0 radical (unpaired) electrons. The molecule has 3 amide bonds. The number of methoxy groups -OCH3 is 1. The van der Waals surface area contributed by atoms with Crippen molar-refractivity contribution in [3.8, 4) is 11.5 Å². The maximum absolute atomic E-state index is 13.7. The number of carbonyl (C=O) groups excluding carboxylic acids is 3. The SMILES string of the molecule is COc1cc(C=NNC(=O)CNC(=O)c2ccccc2Br)ccc1OCC(=O)Nc1ccccc1F. The molecule has 3 aromatic carbocycles. The molecule has 3 rings (SSSR count). The molecule has 0 heterocycles. The third-order valence-corrected chi connectivity index (χ3v) is 5.32. The molecule has 0 aromatic heterocycles. The average Bonchev–Trinajstić information content (AvgIpc) is 2.88. The zero-order valence-corrected chi connectivity index (χ0v) is 20.7. The lowest BCUT2D eigenvalue weighted by atomic mass is 10.2. The van der Waals surface area contributed by atoms with Crippen molar-refractivity contribution < 1.29 is 28.2 Å². The van der Waals surface area contributed by atoms with Crippen LogP contribution in [0.1, 0.15) is 15.9 Å². The molecular weight excluding hydrogens is 535 g/mol. The highest BCUT2D eigenvalue weighted by atomic mass is 79.9. The van der Waals surface area contributed by atoms with Gasteiger partial charge in [-0.05, 0) is 64.0 Å². The fourth-order valence-corrected chi connectivity index (χ4v) is 3.36. The maximum atomic E-state index is 13.7. The average molecular weight is 557 g/mol. The quantitative estimate of drug-likeness (QED) is 0.261. The van der Waals surface area contributed by atoms with E-state index in [1.54, 1.807) is 48.5 Å². The van der Waals surface area contributed by atoms with Crippen LogP contribution in [0.4, 0.5) is 10.1 Å². The Morgan fingerprint density at radius 3 is 2.50 bits per heavy atom. The van der Waals surface area contributed by atoms with E-state index < -0.39 is 23.5 Å². The number of anilines is 1. The number of para-hydroxylation sites is 1. The van der Waals surface area contributed by atoms with Crippen molar-refractivity contribution in [2.24, 2.45) is 5.10 Å². The second kappa shape index (κ2) is 13.0. The zero-order valence-electron chi connectivity index (χ0n) is 19.1. The van der Waals surface area contributed by atoms with E-state index in [9.17, 15) is 18.8 Å². The number of hydrogen-bond acceptors (Lipinski definition) is 6. The minimum Gasteiger partial charge on any atom is -0.493 e. The van der Waals surface area contributed by atoms with Crippen LogP contribution in [0, 0.1) is 5.82 Å². The third kappa shape index (κ3) is 7.64. The number of hydrazone groups is 1. The van der Waals surface area contributed by atoms with E-state index in [0.29, 0.717) is 21.3 Å². The Balaban J connectivity index is 1.49. The molecule has 0 saturated carbocycles. The molecule has 0 fully saturated rings. The van der Waals surface area contributed by atoms with Gasteiger partial charge in [-0.25, -0.2) is 9.82 Å². The number of halogens is 2. The minimum atomic E-state index is -0.550. The first-order valence-electron chi connectivity index (χ1n) is 10.6. The number of amides is 3. The van der Waals surface area contributed by atoms with E-state index in [0.717, 1.165) is 0 Å². The van der Waals surface area contributed by atoms with E-state index >= 15 is 0 Å². The first-order chi connectivity index (χ1) is 17.4. The number of rotatable bonds is 10. The molecule has 11 heteroatoms. The standard InChI is InChI=1S/C25H22BrFN4O5/c1-35-22-12-16(10-11-21(22)36-15-24(33)30-20-9-5-4-8-19(20)27)13-29-31-23(32)14-28-25(34)17-6-2-3-7-18(17)26/h2-13H,14-15H2,1H3,(H,28,34)(H,30,33)(H,31,32). The van der Waals surface area contributed by atoms with E-state index in [2.05, 4.69) is 37.1 Å². The van der Waals surface area contributed by atoms with E-state index in [4.69, 9.17) is 9.47 Å². The van der Waals surface area contributed by atoms with Gasteiger partial charge in [0.2, 0.25) is 0 Å². The summed E-state index contributed by atoms with van der Waals surface area (Å²) < 4.78 is 25.0. The largest absolute Gasteiger partial charge is 0.493 e. The minimum absolute atomic E-state index is 0.0548. The van der Waals surface area contributed by atoms with Crippen LogP contribution in [0.15, 0.2) is 76.3 Å². The first-order valence-corrected chi connectivity index (χ1v) is 11.4. The summed E-state index contributed by atoms with van der Waals surface area (Å²) in [6, 6.07) is 17.4. The van der Waals surface area contributed by atoms with Gasteiger partial charge in [-0.1, -0.05) is 24.3 Å². The summed E-state index contributed by atoms with van der Waals surface area (Å²) in [6.07, 6.45) is 1.38. The molecule has 0 spiro atoms. The summed E-state index contributed by atoms with van der Waals surface area (Å²) in [7, 11) is 1.43. The molecule has 0 aliphatic rings. The van der Waals surface area contributed by atoms with Gasteiger partial charge in [-0.15, -0.1) is 0 Å². The second-order valence-electron chi connectivity index (χ2n) is 7.18. The van der Waals surface area contributed by atoms with E-state index in [-0.39, 0.29) is 24.6 Å². The van der Waals surface area contributed by atoms with Crippen LogP contribution in [-0.2, 0) is 9.59 Å². The molecular formula is C25H22BrFN4O5. The van der Waals surface area contributed by atoms with Gasteiger partial charge in [-0.3, -0.25) is 14.4 Å². The summed E-state index contributed by atoms with van der Waals surface area (Å²) in [5.41, 5.74) is 3.36. The Bertz CT molecular complexity index is 1280. The van der Waals surface area contributed by atoms with Crippen molar-refractivity contribution in [1.82, 2.24) is 10.7 Å². The lowest BCUT2D eigenvalue weighted by molar-refractivity contribution is -0.120. The summed E-state index contributed by atoms with van der Waals surface area (Å²) in [5.74, 6) is -1.39. The van der Waals surface area contributed by atoms with Crippen LogP contribution in [0.3, 0.4) is 0 Å². The van der Waals surface area contributed by atoms with Gasteiger partial charge in [0.15, 0.2) is 18.1 Å². The molecule has 0 aliphatic heterocycles. The lowest BCUT2D eigenvalue weighted by Gasteiger charge is -2.11. The van der Waals surface area contributed by atoms with Crippen LogP contribution in [-0.4, -0.2) is 44.2 Å². The smallest absolute Gasteiger partial charge is 0.262 e. The predicted octanol–water partition coefficient (Wildman–Crippen LogP) is 3.49. The number of hydrogen-bond donors (Lipinski definition) is 3. The Morgan fingerprint density at radius 1 is 1.00 bits per heavy atom.